The molecule has 0 aliphatic carbocycles. The Morgan fingerprint density at radius 2 is 1.81 bits per heavy atom. The van der Waals surface area contributed by atoms with Crippen molar-refractivity contribution in [1.29, 1.82) is 0 Å². The molecule has 0 amide bonds. The number of rotatable bonds is 5. The van der Waals surface area contributed by atoms with Gasteiger partial charge in [0, 0.05) is 17.0 Å². The second-order valence-corrected chi connectivity index (χ2v) is 7.77. The fourth-order valence-corrected chi connectivity index (χ4v) is 4.51. The lowest BCUT2D eigenvalue weighted by atomic mass is 9.92. The van der Waals surface area contributed by atoms with Gasteiger partial charge in [-0.2, -0.15) is 5.10 Å². The number of nitrogen functional groups attached to an aromatic ring is 1. The second kappa shape index (κ2) is 7.19. The number of carbonyl (C=O) groups excluding carboxylic acids is 1. The maximum Gasteiger partial charge on any atom is 0.271 e. The third-order valence-corrected chi connectivity index (χ3v) is 5.64. The summed E-state index contributed by atoms with van der Waals surface area (Å²) in [6.07, 6.45) is 0. The van der Waals surface area contributed by atoms with Crippen LogP contribution in [0.25, 0.3) is 5.95 Å². The summed E-state index contributed by atoms with van der Waals surface area (Å²) in [5.74, 6) is 7.43. The predicted octanol–water partition coefficient (Wildman–Crippen LogP) is 3.21. The van der Waals surface area contributed by atoms with E-state index in [-0.39, 0.29) is 5.78 Å². The van der Waals surface area contributed by atoms with Crippen LogP contribution in [0.15, 0.2) is 17.3 Å². The topological polar surface area (TPSA) is 91.6 Å². The number of benzene rings is 1. The van der Waals surface area contributed by atoms with Crippen molar-refractivity contribution in [2.75, 3.05) is 5.84 Å². The SMILES string of the molecule is CC(=O)c1c(C)cc(C)c(CSc2nnc(-n3nc(C)cc3C)n2N)c1C. The average Bonchev–Trinajstić information content (AvgIpc) is 3.08. The van der Waals surface area contributed by atoms with Crippen LogP contribution in [-0.4, -0.2) is 30.4 Å². The van der Waals surface area contributed by atoms with Crippen LogP contribution in [0.4, 0.5) is 0 Å². The third-order valence-electron chi connectivity index (χ3n) is 4.67. The lowest BCUT2D eigenvalue weighted by Crippen LogP contribution is -2.17. The summed E-state index contributed by atoms with van der Waals surface area (Å²) in [7, 11) is 0. The van der Waals surface area contributed by atoms with E-state index in [1.165, 1.54) is 16.4 Å². The summed E-state index contributed by atoms with van der Waals surface area (Å²) in [6, 6.07) is 4.03. The number of hydrogen-bond donors (Lipinski definition) is 1. The molecule has 0 atom stereocenters. The van der Waals surface area contributed by atoms with Crippen molar-refractivity contribution in [2.24, 2.45) is 0 Å². The van der Waals surface area contributed by atoms with Crippen molar-refractivity contribution in [3.8, 4) is 5.95 Å². The van der Waals surface area contributed by atoms with Crippen LogP contribution >= 0.6 is 11.8 Å². The molecule has 142 valence electrons. The number of hydrogen-bond acceptors (Lipinski definition) is 6. The quantitative estimate of drug-likeness (QED) is 0.413. The van der Waals surface area contributed by atoms with E-state index in [1.54, 1.807) is 11.6 Å². The van der Waals surface area contributed by atoms with Crippen molar-refractivity contribution < 1.29 is 4.79 Å². The molecule has 3 aromatic rings. The second-order valence-electron chi connectivity index (χ2n) is 6.83. The van der Waals surface area contributed by atoms with Gasteiger partial charge in [0.25, 0.3) is 5.95 Å². The minimum absolute atomic E-state index is 0.0880. The van der Waals surface area contributed by atoms with Gasteiger partial charge in [-0.3, -0.25) is 4.79 Å². The summed E-state index contributed by atoms with van der Waals surface area (Å²) in [6.45, 7) is 11.5. The highest BCUT2D eigenvalue weighted by Crippen LogP contribution is 2.29. The van der Waals surface area contributed by atoms with E-state index in [0.29, 0.717) is 16.9 Å². The average molecular weight is 385 g/mol. The van der Waals surface area contributed by atoms with E-state index in [2.05, 4.69) is 28.3 Å². The van der Waals surface area contributed by atoms with E-state index >= 15 is 0 Å². The molecule has 27 heavy (non-hydrogen) atoms. The van der Waals surface area contributed by atoms with Crippen molar-refractivity contribution in [3.05, 3.63) is 51.3 Å². The Hall–Kier alpha value is -2.61. The Morgan fingerprint density at radius 3 is 2.41 bits per heavy atom. The van der Waals surface area contributed by atoms with Gasteiger partial charge in [-0.05, 0) is 69.9 Å². The maximum atomic E-state index is 12.0. The molecule has 0 saturated heterocycles. The van der Waals surface area contributed by atoms with Gasteiger partial charge in [-0.25, -0.2) is 9.36 Å². The third kappa shape index (κ3) is 3.49. The van der Waals surface area contributed by atoms with Gasteiger partial charge in [0.2, 0.25) is 5.16 Å². The smallest absolute Gasteiger partial charge is 0.271 e. The first kappa shape index (κ1) is 19.2. The van der Waals surface area contributed by atoms with Gasteiger partial charge in [0.05, 0.1) is 5.69 Å². The number of aromatic nitrogens is 5. The Labute approximate surface area is 162 Å². The molecule has 0 radical (unpaired) electrons. The normalized spacial score (nSPS) is 11.2. The van der Waals surface area contributed by atoms with E-state index in [4.69, 9.17) is 5.84 Å². The monoisotopic (exact) mass is 384 g/mol. The molecular weight excluding hydrogens is 360 g/mol. The van der Waals surface area contributed by atoms with Crippen LogP contribution in [0, 0.1) is 34.6 Å². The summed E-state index contributed by atoms with van der Waals surface area (Å²) in [5, 5.41) is 13.4. The van der Waals surface area contributed by atoms with Crippen LogP contribution < -0.4 is 5.84 Å². The Morgan fingerprint density at radius 1 is 1.11 bits per heavy atom. The summed E-state index contributed by atoms with van der Waals surface area (Å²) in [4.78, 5) is 12.0. The van der Waals surface area contributed by atoms with Crippen LogP contribution in [0.1, 0.15) is 50.9 Å². The summed E-state index contributed by atoms with van der Waals surface area (Å²) < 4.78 is 3.14. The number of nitrogens with zero attached hydrogens (tertiary/aromatic N) is 5. The number of carbonyl (C=O) groups is 1. The molecule has 0 bridgehead atoms. The Balaban J connectivity index is 1.90. The summed E-state index contributed by atoms with van der Waals surface area (Å²) in [5.41, 5.74) is 6.96. The molecule has 0 aliphatic rings. The minimum atomic E-state index is 0.0880. The number of aryl methyl sites for hydroxylation is 4. The zero-order valence-electron chi connectivity index (χ0n) is 16.5. The molecule has 1 aromatic carbocycles. The molecular formula is C19H24N6OS. The Kier molecular flexibility index (Phi) is 5.10. The molecule has 0 spiro atoms. The highest BCUT2D eigenvalue weighted by atomic mass is 32.2. The lowest BCUT2D eigenvalue weighted by molar-refractivity contribution is 0.101. The van der Waals surface area contributed by atoms with Gasteiger partial charge in [-0.1, -0.05) is 17.8 Å². The van der Waals surface area contributed by atoms with Crippen molar-refractivity contribution in [2.45, 2.75) is 52.5 Å². The Bertz CT molecular complexity index is 1030. The minimum Gasteiger partial charge on any atom is -0.334 e. The first-order chi connectivity index (χ1) is 12.7. The number of thioether (sulfide) groups is 1. The fourth-order valence-electron chi connectivity index (χ4n) is 3.47. The van der Waals surface area contributed by atoms with E-state index < -0.39 is 0 Å². The van der Waals surface area contributed by atoms with Crippen LogP contribution in [0.5, 0.6) is 0 Å². The molecule has 0 unspecified atom stereocenters. The molecule has 3 rings (SSSR count). The first-order valence-electron chi connectivity index (χ1n) is 8.68. The molecule has 7 nitrogen and oxygen atoms in total. The molecule has 0 aliphatic heterocycles. The van der Waals surface area contributed by atoms with Gasteiger partial charge < -0.3 is 5.84 Å². The molecule has 0 fully saturated rings. The van der Waals surface area contributed by atoms with Gasteiger partial charge >= 0.3 is 0 Å². The number of nitrogens with two attached hydrogens (primary N) is 1. The van der Waals surface area contributed by atoms with Crippen LogP contribution in [0.3, 0.4) is 0 Å². The largest absolute Gasteiger partial charge is 0.334 e. The van der Waals surface area contributed by atoms with E-state index in [1.807, 2.05) is 33.8 Å². The molecule has 8 heteroatoms. The van der Waals surface area contributed by atoms with E-state index in [0.717, 1.165) is 39.2 Å². The molecule has 2 heterocycles. The van der Waals surface area contributed by atoms with E-state index in [9.17, 15) is 4.79 Å². The molecule has 2 aromatic heterocycles. The maximum absolute atomic E-state index is 12.0. The highest BCUT2D eigenvalue weighted by molar-refractivity contribution is 7.98. The van der Waals surface area contributed by atoms with Gasteiger partial charge in [0.15, 0.2) is 5.78 Å². The zero-order valence-corrected chi connectivity index (χ0v) is 17.3. The zero-order chi connectivity index (χ0) is 19.9. The van der Waals surface area contributed by atoms with Crippen molar-refractivity contribution >= 4 is 17.5 Å². The summed E-state index contributed by atoms with van der Waals surface area (Å²) >= 11 is 1.49. The van der Waals surface area contributed by atoms with Crippen LogP contribution in [-0.2, 0) is 5.75 Å². The van der Waals surface area contributed by atoms with Gasteiger partial charge in [0.1, 0.15) is 0 Å². The number of ketones is 1. The fraction of sp³-hybridized carbons (Fsp3) is 0.368. The van der Waals surface area contributed by atoms with Crippen molar-refractivity contribution in [3.63, 3.8) is 0 Å². The number of Topliss-reactive ketones (excluding diaryl/α,β-unsaturated/α-hetero) is 1. The highest BCUT2D eigenvalue weighted by Gasteiger charge is 2.18. The molecule has 2 N–H and O–H groups in total. The van der Waals surface area contributed by atoms with Crippen molar-refractivity contribution in [1.82, 2.24) is 24.7 Å². The standard InChI is InChI=1S/C19H24N6OS/c1-10-7-11(2)17(15(6)26)14(5)16(10)9-27-19-22-21-18(24(19)20)25-13(4)8-12(3)23-25/h7-8H,9,20H2,1-6H3. The predicted molar refractivity (Wildman–Crippen MR) is 107 cm³/mol. The molecule has 0 saturated carbocycles. The first-order valence-corrected chi connectivity index (χ1v) is 9.66. The lowest BCUT2D eigenvalue weighted by Gasteiger charge is -2.15. The van der Waals surface area contributed by atoms with Crippen LogP contribution in [0.2, 0.25) is 0 Å². The van der Waals surface area contributed by atoms with Gasteiger partial charge in [-0.15, -0.1) is 10.2 Å².